The summed E-state index contributed by atoms with van der Waals surface area (Å²) in [5.74, 6) is -0.343. The zero-order chi connectivity index (χ0) is 16.1. The van der Waals surface area contributed by atoms with Crippen LogP contribution in [0, 0.1) is 12.7 Å². The summed E-state index contributed by atoms with van der Waals surface area (Å²) in [7, 11) is 0. The SMILES string of the molecule is CCOC(=O)N/N=C\c1c(C)nn(-c2ccc(F)cc2)c1Cl. The third-order valence-corrected chi connectivity index (χ3v) is 3.11. The van der Waals surface area contributed by atoms with E-state index in [1.807, 2.05) is 0 Å². The fraction of sp³-hybridized carbons (Fsp3) is 0.214. The maximum Gasteiger partial charge on any atom is 0.427 e. The van der Waals surface area contributed by atoms with E-state index in [1.54, 1.807) is 26.0 Å². The lowest BCUT2D eigenvalue weighted by molar-refractivity contribution is 0.152. The minimum atomic E-state index is -0.654. The van der Waals surface area contributed by atoms with Gasteiger partial charge in [0.15, 0.2) is 0 Å². The van der Waals surface area contributed by atoms with E-state index in [9.17, 15) is 9.18 Å². The molecule has 22 heavy (non-hydrogen) atoms. The van der Waals surface area contributed by atoms with Crippen LogP contribution in [0.15, 0.2) is 29.4 Å². The van der Waals surface area contributed by atoms with E-state index < -0.39 is 6.09 Å². The highest BCUT2D eigenvalue weighted by Crippen LogP contribution is 2.22. The number of hydrazone groups is 1. The number of nitrogens with one attached hydrogen (secondary N) is 1. The van der Waals surface area contributed by atoms with Crippen molar-refractivity contribution in [2.24, 2.45) is 5.10 Å². The standard InChI is InChI=1S/C14H14ClFN4O2/c1-3-22-14(21)18-17-8-12-9(2)19-20(13(12)15)11-6-4-10(16)5-7-11/h4-8H,3H2,1-2H3,(H,18,21)/b17-8-. The second-order valence-electron chi connectivity index (χ2n) is 4.27. The fourth-order valence-electron chi connectivity index (χ4n) is 1.72. The first-order chi connectivity index (χ1) is 10.5. The molecule has 0 aliphatic rings. The van der Waals surface area contributed by atoms with Crippen LogP contribution in [0.2, 0.25) is 5.15 Å². The number of hydrogen-bond acceptors (Lipinski definition) is 4. The number of carbonyl (C=O) groups excluding carboxylic acids is 1. The van der Waals surface area contributed by atoms with Crippen LogP contribution >= 0.6 is 11.6 Å². The first-order valence-corrected chi connectivity index (χ1v) is 6.87. The van der Waals surface area contributed by atoms with Gasteiger partial charge in [-0.1, -0.05) is 11.6 Å². The van der Waals surface area contributed by atoms with Crippen molar-refractivity contribution in [1.29, 1.82) is 0 Å². The van der Waals surface area contributed by atoms with Crippen LogP contribution in [0.4, 0.5) is 9.18 Å². The van der Waals surface area contributed by atoms with Crippen molar-refractivity contribution < 1.29 is 13.9 Å². The van der Waals surface area contributed by atoms with E-state index in [0.29, 0.717) is 22.1 Å². The van der Waals surface area contributed by atoms with Gasteiger partial charge < -0.3 is 4.74 Å². The quantitative estimate of drug-likeness (QED) is 0.694. The molecule has 6 nitrogen and oxygen atoms in total. The summed E-state index contributed by atoms with van der Waals surface area (Å²) < 4.78 is 19.1. The molecule has 0 aliphatic heterocycles. The van der Waals surface area contributed by atoms with Crippen molar-refractivity contribution in [2.75, 3.05) is 6.61 Å². The second-order valence-corrected chi connectivity index (χ2v) is 4.63. The third kappa shape index (κ3) is 3.62. The molecule has 0 atom stereocenters. The monoisotopic (exact) mass is 324 g/mol. The Morgan fingerprint density at radius 2 is 2.18 bits per heavy atom. The van der Waals surface area contributed by atoms with Crippen molar-refractivity contribution >= 4 is 23.9 Å². The summed E-state index contributed by atoms with van der Waals surface area (Å²) in [6.07, 6.45) is 0.722. The number of amides is 1. The summed E-state index contributed by atoms with van der Waals surface area (Å²) in [5.41, 5.74) is 3.98. The number of halogens is 2. The Kier molecular flexibility index (Phi) is 5.11. The molecule has 0 radical (unpaired) electrons. The topological polar surface area (TPSA) is 68.5 Å². The van der Waals surface area contributed by atoms with Gasteiger partial charge in [-0.3, -0.25) is 0 Å². The van der Waals surface area contributed by atoms with Gasteiger partial charge >= 0.3 is 6.09 Å². The second kappa shape index (κ2) is 7.04. The summed E-state index contributed by atoms with van der Waals surface area (Å²) >= 11 is 6.25. The molecule has 2 rings (SSSR count). The number of aryl methyl sites for hydroxylation is 1. The van der Waals surface area contributed by atoms with Gasteiger partial charge in [0.2, 0.25) is 0 Å². The maximum atomic E-state index is 13.0. The van der Waals surface area contributed by atoms with E-state index in [2.05, 4.69) is 20.4 Å². The first kappa shape index (κ1) is 16.0. The van der Waals surface area contributed by atoms with Crippen LogP contribution < -0.4 is 5.43 Å². The summed E-state index contributed by atoms with van der Waals surface area (Å²) in [6, 6.07) is 5.76. The largest absolute Gasteiger partial charge is 0.449 e. The summed E-state index contributed by atoms with van der Waals surface area (Å²) in [6.45, 7) is 3.69. The predicted octanol–water partition coefficient (Wildman–Crippen LogP) is 3.05. The Balaban J connectivity index is 2.22. The number of nitrogens with zero attached hydrogens (tertiary/aromatic N) is 3. The number of aromatic nitrogens is 2. The Labute approximate surface area is 131 Å². The lowest BCUT2D eigenvalue weighted by atomic mass is 10.3. The average molecular weight is 325 g/mol. The highest BCUT2D eigenvalue weighted by molar-refractivity contribution is 6.32. The van der Waals surface area contributed by atoms with Crippen LogP contribution in [-0.4, -0.2) is 28.7 Å². The van der Waals surface area contributed by atoms with Crippen molar-refractivity contribution in [2.45, 2.75) is 13.8 Å². The maximum absolute atomic E-state index is 13.0. The number of carbonyl (C=O) groups is 1. The molecular formula is C14H14ClFN4O2. The number of hydrogen-bond donors (Lipinski definition) is 1. The van der Waals surface area contributed by atoms with E-state index in [1.165, 1.54) is 23.0 Å². The van der Waals surface area contributed by atoms with Crippen LogP contribution in [0.5, 0.6) is 0 Å². The normalized spacial score (nSPS) is 10.9. The van der Waals surface area contributed by atoms with Gasteiger partial charge in [-0.25, -0.2) is 19.3 Å². The van der Waals surface area contributed by atoms with E-state index >= 15 is 0 Å². The van der Waals surface area contributed by atoms with Gasteiger partial charge in [0.05, 0.1) is 29.8 Å². The zero-order valence-electron chi connectivity index (χ0n) is 12.0. The molecule has 1 aromatic heterocycles. The van der Waals surface area contributed by atoms with Gasteiger partial charge in [-0.15, -0.1) is 0 Å². The van der Waals surface area contributed by atoms with Crippen molar-refractivity contribution in [3.63, 3.8) is 0 Å². The molecular weight excluding hydrogens is 311 g/mol. The van der Waals surface area contributed by atoms with Gasteiger partial charge in [-0.2, -0.15) is 10.2 Å². The average Bonchev–Trinajstić information content (AvgIpc) is 2.76. The molecule has 0 aliphatic carbocycles. The molecule has 1 N–H and O–H groups in total. The predicted molar refractivity (Wildman–Crippen MR) is 81.0 cm³/mol. The van der Waals surface area contributed by atoms with Crippen molar-refractivity contribution in [1.82, 2.24) is 15.2 Å². The summed E-state index contributed by atoms with van der Waals surface area (Å²) in [5, 5.41) is 8.33. The van der Waals surface area contributed by atoms with Crippen LogP contribution in [0.1, 0.15) is 18.2 Å². The van der Waals surface area contributed by atoms with Crippen LogP contribution in [-0.2, 0) is 4.74 Å². The van der Waals surface area contributed by atoms with Gasteiger partial charge in [0.1, 0.15) is 11.0 Å². The smallest absolute Gasteiger partial charge is 0.427 e. The molecule has 0 saturated carbocycles. The fourth-order valence-corrected chi connectivity index (χ4v) is 2.05. The van der Waals surface area contributed by atoms with E-state index in [4.69, 9.17) is 11.6 Å². The van der Waals surface area contributed by atoms with Gasteiger partial charge in [0.25, 0.3) is 0 Å². The zero-order valence-corrected chi connectivity index (χ0v) is 12.8. The lowest BCUT2D eigenvalue weighted by Crippen LogP contribution is -2.18. The van der Waals surface area contributed by atoms with Crippen LogP contribution in [0.25, 0.3) is 5.69 Å². The number of ether oxygens (including phenoxy) is 1. The molecule has 2 aromatic rings. The van der Waals surface area contributed by atoms with Crippen molar-refractivity contribution in [3.8, 4) is 5.69 Å². The molecule has 1 heterocycles. The first-order valence-electron chi connectivity index (χ1n) is 6.49. The minimum Gasteiger partial charge on any atom is -0.449 e. The highest BCUT2D eigenvalue weighted by Gasteiger charge is 2.13. The Morgan fingerprint density at radius 1 is 1.50 bits per heavy atom. The molecule has 1 aromatic carbocycles. The Morgan fingerprint density at radius 3 is 2.82 bits per heavy atom. The number of benzene rings is 1. The van der Waals surface area contributed by atoms with Gasteiger partial charge in [-0.05, 0) is 38.1 Å². The molecule has 0 saturated heterocycles. The summed E-state index contributed by atoms with van der Waals surface area (Å²) in [4.78, 5) is 11.1. The minimum absolute atomic E-state index is 0.254. The molecule has 0 bridgehead atoms. The lowest BCUT2D eigenvalue weighted by Gasteiger charge is -2.02. The molecule has 0 unspecified atom stereocenters. The molecule has 8 heteroatoms. The molecule has 0 fully saturated rings. The van der Waals surface area contributed by atoms with E-state index in [0.717, 1.165) is 0 Å². The molecule has 0 spiro atoms. The van der Waals surface area contributed by atoms with Crippen LogP contribution in [0.3, 0.4) is 0 Å². The molecule has 116 valence electrons. The number of rotatable bonds is 4. The van der Waals surface area contributed by atoms with Gasteiger partial charge in [0, 0.05) is 0 Å². The third-order valence-electron chi connectivity index (χ3n) is 2.74. The molecule has 1 amide bonds. The van der Waals surface area contributed by atoms with Crippen molar-refractivity contribution in [3.05, 3.63) is 46.5 Å². The highest BCUT2D eigenvalue weighted by atomic mass is 35.5. The van der Waals surface area contributed by atoms with E-state index in [-0.39, 0.29) is 12.4 Å². The Bertz CT molecular complexity index is 698. The Hall–Kier alpha value is -2.41.